The van der Waals surface area contributed by atoms with Crippen molar-refractivity contribution in [3.8, 4) is 22.8 Å². The molecule has 0 amide bonds. The molecule has 0 bridgehead atoms. The summed E-state index contributed by atoms with van der Waals surface area (Å²) in [5.41, 5.74) is 15.2. The molecule has 7 heteroatoms. The highest BCUT2D eigenvalue weighted by Gasteiger charge is 2.39. The Morgan fingerprint density at radius 2 is 0.806 bits per heavy atom. The van der Waals surface area contributed by atoms with Crippen LogP contribution in [0.15, 0.2) is 212 Å². The van der Waals surface area contributed by atoms with Crippen LogP contribution in [-0.2, 0) is 0 Å². The average Bonchev–Trinajstić information content (AvgIpc) is 4.04. The van der Waals surface area contributed by atoms with E-state index in [0.717, 1.165) is 62.4 Å². The number of amidine groups is 1. The number of benzene rings is 7. The number of hydrogen-bond acceptors (Lipinski definition) is 5. The summed E-state index contributed by atoms with van der Waals surface area (Å²) in [7, 11) is 0. The molecule has 0 radical (unpaired) electrons. The summed E-state index contributed by atoms with van der Waals surface area (Å²) in [6.07, 6.45) is 3.68. The van der Waals surface area contributed by atoms with Crippen LogP contribution in [0, 0.1) is 0 Å². The fraction of sp³-hybridized carbons (Fsp3) is 0.0364. The van der Waals surface area contributed by atoms with Crippen molar-refractivity contribution in [1.29, 1.82) is 0 Å². The van der Waals surface area contributed by atoms with Gasteiger partial charge in [0.05, 0.1) is 39.5 Å². The Kier molecular flexibility index (Phi) is 7.59. The fourth-order valence-electron chi connectivity index (χ4n) is 9.97. The molecule has 7 nitrogen and oxygen atoms in total. The fourth-order valence-corrected chi connectivity index (χ4v) is 9.97. The van der Waals surface area contributed by atoms with Crippen molar-refractivity contribution in [3.05, 3.63) is 223 Å². The van der Waals surface area contributed by atoms with Crippen molar-refractivity contribution in [2.45, 2.75) is 12.1 Å². The number of para-hydroxylation sites is 4. The maximum absolute atomic E-state index is 5.29. The zero-order valence-corrected chi connectivity index (χ0v) is 33.5. The SMILES string of the molecule is c1cnc2c(c1)C1N=C(c3ccc(N(c4ccc(-n5c6ccccc6c6ccccc65)cc4)c4ccc(-n5c6ccccc6c6ccccc65)cc4)cc3)NC1c1cccnc1-2. The van der Waals surface area contributed by atoms with Crippen LogP contribution < -0.4 is 10.2 Å². The third-order valence-corrected chi connectivity index (χ3v) is 12.7. The number of hydrogen-bond donors (Lipinski definition) is 1. The third-order valence-electron chi connectivity index (χ3n) is 12.7. The van der Waals surface area contributed by atoms with Crippen LogP contribution in [0.5, 0.6) is 0 Å². The summed E-state index contributed by atoms with van der Waals surface area (Å²) in [5, 5.41) is 8.77. The van der Waals surface area contributed by atoms with Gasteiger partial charge in [0.2, 0.25) is 0 Å². The van der Waals surface area contributed by atoms with E-state index in [2.05, 4.69) is 201 Å². The maximum atomic E-state index is 5.29. The molecular formula is C55H37N7. The molecular weight excluding hydrogens is 759 g/mol. The van der Waals surface area contributed by atoms with Gasteiger partial charge in [-0.05, 0) is 109 Å². The molecule has 11 aromatic rings. The molecule has 62 heavy (non-hydrogen) atoms. The van der Waals surface area contributed by atoms with E-state index in [1.807, 2.05) is 24.5 Å². The van der Waals surface area contributed by atoms with Crippen molar-refractivity contribution in [1.82, 2.24) is 24.4 Å². The molecule has 1 aliphatic heterocycles. The largest absolute Gasteiger partial charge is 0.360 e. The average molecular weight is 796 g/mol. The van der Waals surface area contributed by atoms with Crippen LogP contribution >= 0.6 is 0 Å². The lowest BCUT2D eigenvalue weighted by molar-refractivity contribution is 0.561. The molecule has 2 unspecified atom stereocenters. The zero-order chi connectivity index (χ0) is 40.7. The van der Waals surface area contributed by atoms with Gasteiger partial charge in [0, 0.05) is 79.1 Å². The Balaban J connectivity index is 0.904. The lowest BCUT2D eigenvalue weighted by Gasteiger charge is -2.27. The number of aliphatic imine (C=N–C) groups is 1. The molecule has 5 heterocycles. The molecule has 0 fully saturated rings. The monoisotopic (exact) mass is 795 g/mol. The van der Waals surface area contributed by atoms with Gasteiger partial charge in [-0.25, -0.2) is 0 Å². The van der Waals surface area contributed by atoms with Crippen LogP contribution in [0.25, 0.3) is 66.4 Å². The molecule has 0 saturated carbocycles. The summed E-state index contributed by atoms with van der Waals surface area (Å²) < 4.78 is 4.73. The second kappa shape index (κ2) is 13.6. The summed E-state index contributed by atoms with van der Waals surface area (Å²) >= 11 is 0. The minimum absolute atomic E-state index is 0.0114. The lowest BCUT2D eigenvalue weighted by atomic mass is 9.85. The summed E-state index contributed by atoms with van der Waals surface area (Å²) in [5.74, 6) is 0.871. The van der Waals surface area contributed by atoms with E-state index in [0.29, 0.717) is 0 Å². The molecule has 13 rings (SSSR count). The van der Waals surface area contributed by atoms with Crippen LogP contribution in [0.1, 0.15) is 28.8 Å². The first kappa shape index (κ1) is 34.6. The Hall–Kier alpha value is -8.29. The minimum atomic E-state index is -0.0809. The highest BCUT2D eigenvalue weighted by molar-refractivity contribution is 6.10. The lowest BCUT2D eigenvalue weighted by Crippen LogP contribution is -2.28. The molecule has 0 spiro atoms. The van der Waals surface area contributed by atoms with E-state index in [1.165, 1.54) is 43.6 Å². The Bertz CT molecular complexity index is 3300. The maximum Gasteiger partial charge on any atom is 0.129 e. The molecule has 292 valence electrons. The number of pyridine rings is 2. The molecule has 2 atom stereocenters. The number of fused-ring (bicyclic) bond motifs is 12. The second-order valence-corrected chi connectivity index (χ2v) is 16.1. The Morgan fingerprint density at radius 3 is 1.27 bits per heavy atom. The first-order chi connectivity index (χ1) is 30.8. The predicted octanol–water partition coefficient (Wildman–Crippen LogP) is 13.0. The van der Waals surface area contributed by atoms with Gasteiger partial charge in [-0.2, -0.15) is 0 Å². The van der Waals surface area contributed by atoms with Gasteiger partial charge in [-0.3, -0.25) is 15.0 Å². The second-order valence-electron chi connectivity index (χ2n) is 16.1. The minimum Gasteiger partial charge on any atom is -0.360 e. The topological polar surface area (TPSA) is 63.3 Å². The molecule has 1 N–H and O–H groups in total. The first-order valence-corrected chi connectivity index (χ1v) is 21.1. The van der Waals surface area contributed by atoms with E-state index in [1.54, 1.807) is 0 Å². The summed E-state index contributed by atoms with van der Waals surface area (Å²) in [6.45, 7) is 0. The summed E-state index contributed by atoms with van der Waals surface area (Å²) in [4.78, 5) is 17.1. The van der Waals surface area contributed by atoms with Crippen molar-refractivity contribution in [2.75, 3.05) is 4.90 Å². The van der Waals surface area contributed by atoms with Gasteiger partial charge in [0.25, 0.3) is 0 Å². The molecule has 1 aliphatic carbocycles. The van der Waals surface area contributed by atoms with Gasteiger partial charge in [0.15, 0.2) is 0 Å². The highest BCUT2D eigenvalue weighted by Crippen LogP contribution is 2.47. The standard InChI is InChI=1S/C55H37N7/c1-5-17-47-41(11-1)42-12-2-6-18-48(42)61(47)39-29-25-37(26-30-39)60(38-27-31-40(32-28-38)62-49-19-7-3-13-43(49)44-14-4-8-20-50(44)62)36-23-21-35(22-24-36)55-58-53-45-15-9-33-56-51(45)52-46(54(53)59-55)16-10-34-57-52/h1-34,53-54H,(H,58,59). The van der Waals surface area contributed by atoms with Gasteiger partial charge in [-0.1, -0.05) is 84.9 Å². The van der Waals surface area contributed by atoms with E-state index < -0.39 is 0 Å². The summed E-state index contributed by atoms with van der Waals surface area (Å²) in [6, 6.07) is 69.4. The quantitative estimate of drug-likeness (QED) is 0.182. The van der Waals surface area contributed by atoms with Crippen LogP contribution in [0.4, 0.5) is 17.1 Å². The zero-order valence-electron chi connectivity index (χ0n) is 33.5. The van der Waals surface area contributed by atoms with Crippen molar-refractivity contribution in [2.24, 2.45) is 4.99 Å². The smallest absolute Gasteiger partial charge is 0.129 e. The molecule has 2 aliphatic rings. The van der Waals surface area contributed by atoms with Crippen molar-refractivity contribution in [3.63, 3.8) is 0 Å². The van der Waals surface area contributed by atoms with Crippen LogP contribution in [0.3, 0.4) is 0 Å². The molecule has 7 aromatic carbocycles. The van der Waals surface area contributed by atoms with Crippen LogP contribution in [0.2, 0.25) is 0 Å². The van der Waals surface area contributed by atoms with Crippen LogP contribution in [-0.4, -0.2) is 24.9 Å². The van der Waals surface area contributed by atoms with E-state index in [4.69, 9.17) is 15.0 Å². The number of nitrogens with one attached hydrogen (secondary N) is 1. The molecule has 0 saturated heterocycles. The number of rotatable bonds is 6. The van der Waals surface area contributed by atoms with Crippen molar-refractivity contribution < 1.29 is 0 Å². The first-order valence-electron chi connectivity index (χ1n) is 21.1. The van der Waals surface area contributed by atoms with E-state index in [-0.39, 0.29) is 12.1 Å². The predicted molar refractivity (Wildman–Crippen MR) is 252 cm³/mol. The van der Waals surface area contributed by atoms with E-state index >= 15 is 0 Å². The van der Waals surface area contributed by atoms with Gasteiger partial charge < -0.3 is 19.4 Å². The van der Waals surface area contributed by atoms with Gasteiger partial charge in [-0.15, -0.1) is 0 Å². The van der Waals surface area contributed by atoms with Gasteiger partial charge >= 0.3 is 0 Å². The Labute approximate surface area is 357 Å². The Morgan fingerprint density at radius 1 is 0.403 bits per heavy atom. The van der Waals surface area contributed by atoms with E-state index in [9.17, 15) is 0 Å². The number of nitrogens with zero attached hydrogens (tertiary/aromatic N) is 6. The van der Waals surface area contributed by atoms with Crippen molar-refractivity contribution >= 4 is 66.5 Å². The van der Waals surface area contributed by atoms with Gasteiger partial charge in [0.1, 0.15) is 11.9 Å². The number of aromatic nitrogens is 4. The third kappa shape index (κ3) is 5.21. The normalized spacial score (nSPS) is 15.3. The molecule has 4 aromatic heterocycles. The highest BCUT2D eigenvalue weighted by atomic mass is 15.2. The number of anilines is 3.